The van der Waals surface area contributed by atoms with Gasteiger partial charge in [-0.05, 0) is 53.2 Å². The summed E-state index contributed by atoms with van der Waals surface area (Å²) >= 11 is 6.94. The zero-order valence-corrected chi connectivity index (χ0v) is 21.6. The number of anilines is 1. The molecule has 0 unspecified atom stereocenters. The van der Waals surface area contributed by atoms with Crippen molar-refractivity contribution in [2.24, 2.45) is 4.99 Å². The van der Waals surface area contributed by atoms with Crippen molar-refractivity contribution in [1.29, 1.82) is 5.41 Å². The van der Waals surface area contributed by atoms with Crippen molar-refractivity contribution in [3.8, 4) is 0 Å². The number of aliphatic imine (C=N–C) groups is 1. The van der Waals surface area contributed by atoms with Gasteiger partial charge in [0.15, 0.2) is 5.17 Å². The van der Waals surface area contributed by atoms with E-state index in [1.807, 2.05) is 4.90 Å². The maximum Gasteiger partial charge on any atom is 0.416 e. The first-order chi connectivity index (χ1) is 18.1. The van der Waals surface area contributed by atoms with Crippen LogP contribution >= 0.6 is 23.4 Å². The summed E-state index contributed by atoms with van der Waals surface area (Å²) in [5, 5.41) is 16.7. The zero-order valence-electron chi connectivity index (χ0n) is 20.0. The van der Waals surface area contributed by atoms with E-state index in [4.69, 9.17) is 17.0 Å². The number of halogens is 4. The highest BCUT2D eigenvalue weighted by Crippen LogP contribution is 2.34. The molecular formula is C25H24ClF3N6O2S. The predicted molar refractivity (Wildman–Crippen MR) is 144 cm³/mol. The number of benzene rings is 2. The maximum absolute atomic E-state index is 13.4. The number of amidine groups is 1. The number of carbonyl (C=O) groups is 2. The summed E-state index contributed by atoms with van der Waals surface area (Å²) < 4.78 is 40.2. The van der Waals surface area contributed by atoms with E-state index in [-0.39, 0.29) is 28.9 Å². The lowest BCUT2D eigenvalue weighted by molar-refractivity contribution is -0.138. The number of thioether (sulfide) groups is 1. The van der Waals surface area contributed by atoms with Crippen LogP contribution in [0.4, 0.5) is 18.9 Å². The van der Waals surface area contributed by atoms with Crippen LogP contribution in [-0.4, -0.2) is 60.8 Å². The molecule has 38 heavy (non-hydrogen) atoms. The summed E-state index contributed by atoms with van der Waals surface area (Å²) in [6.45, 7) is 2.61. The first-order valence-electron chi connectivity index (χ1n) is 11.6. The van der Waals surface area contributed by atoms with E-state index in [0.717, 1.165) is 18.8 Å². The SMILES string of the molecule is N=Cc1cc(/C=C2\SC(=NCCN3CCNC(=O)C3)NC2=O)ccc1NCc1ccc(Cl)cc1C(F)(F)F. The van der Waals surface area contributed by atoms with Crippen LogP contribution in [0.2, 0.25) is 5.02 Å². The summed E-state index contributed by atoms with van der Waals surface area (Å²) in [5.41, 5.74) is 0.777. The van der Waals surface area contributed by atoms with E-state index in [1.54, 1.807) is 24.3 Å². The smallest absolute Gasteiger partial charge is 0.380 e. The van der Waals surface area contributed by atoms with Gasteiger partial charge in [-0.1, -0.05) is 23.7 Å². The quantitative estimate of drug-likeness (QED) is 0.287. The molecule has 2 saturated heterocycles. The normalized spacial score (nSPS) is 18.5. The van der Waals surface area contributed by atoms with Gasteiger partial charge < -0.3 is 21.4 Å². The van der Waals surface area contributed by atoms with Crippen molar-refractivity contribution in [3.05, 3.63) is 68.6 Å². The Morgan fingerprint density at radius 1 is 1.21 bits per heavy atom. The average Bonchev–Trinajstić information content (AvgIpc) is 3.21. The third kappa shape index (κ3) is 7.15. The first-order valence-corrected chi connectivity index (χ1v) is 12.8. The molecule has 8 nitrogen and oxygen atoms in total. The lowest BCUT2D eigenvalue weighted by Gasteiger charge is -2.25. The summed E-state index contributed by atoms with van der Waals surface area (Å²) in [7, 11) is 0. The second-order valence-corrected chi connectivity index (χ2v) is 9.99. The fraction of sp³-hybridized carbons (Fsp3) is 0.280. The van der Waals surface area contributed by atoms with Crippen molar-refractivity contribution in [2.75, 3.05) is 38.0 Å². The van der Waals surface area contributed by atoms with Gasteiger partial charge in [-0.2, -0.15) is 13.2 Å². The van der Waals surface area contributed by atoms with E-state index in [2.05, 4.69) is 20.9 Å². The van der Waals surface area contributed by atoms with Gasteiger partial charge in [-0.25, -0.2) is 0 Å². The van der Waals surface area contributed by atoms with Crippen LogP contribution in [0, 0.1) is 5.41 Å². The molecule has 4 rings (SSSR count). The van der Waals surface area contributed by atoms with Gasteiger partial charge in [0.1, 0.15) is 0 Å². The largest absolute Gasteiger partial charge is 0.416 e. The molecule has 0 spiro atoms. The van der Waals surface area contributed by atoms with Gasteiger partial charge in [-0.3, -0.25) is 19.5 Å². The van der Waals surface area contributed by atoms with E-state index in [0.29, 0.717) is 53.1 Å². The van der Waals surface area contributed by atoms with E-state index >= 15 is 0 Å². The van der Waals surface area contributed by atoms with Crippen molar-refractivity contribution < 1.29 is 22.8 Å². The second kappa shape index (κ2) is 12.0. The Balaban J connectivity index is 1.41. The summed E-state index contributed by atoms with van der Waals surface area (Å²) in [5.74, 6) is -0.314. The number of rotatable bonds is 8. The number of hydrogen-bond acceptors (Lipinski definition) is 7. The summed E-state index contributed by atoms with van der Waals surface area (Å²) in [6, 6.07) is 8.63. The Hall–Kier alpha value is -3.35. The van der Waals surface area contributed by atoms with E-state index in [9.17, 15) is 22.8 Å². The first kappa shape index (κ1) is 27.7. The Labute approximate surface area is 226 Å². The Kier molecular flexibility index (Phi) is 8.75. The van der Waals surface area contributed by atoms with Crippen LogP contribution in [0.3, 0.4) is 0 Å². The van der Waals surface area contributed by atoms with E-state index < -0.39 is 11.7 Å². The minimum absolute atomic E-state index is 0.00305. The molecule has 2 aromatic carbocycles. The monoisotopic (exact) mass is 564 g/mol. The van der Waals surface area contributed by atoms with Gasteiger partial charge in [0.25, 0.3) is 5.91 Å². The highest BCUT2D eigenvalue weighted by atomic mass is 35.5. The van der Waals surface area contributed by atoms with Crippen molar-refractivity contribution in [2.45, 2.75) is 12.7 Å². The molecule has 0 aromatic heterocycles. The molecule has 0 radical (unpaired) electrons. The molecule has 0 aliphatic carbocycles. The molecule has 2 aliphatic rings. The van der Waals surface area contributed by atoms with Gasteiger partial charge in [0, 0.05) is 48.7 Å². The Bertz CT molecular complexity index is 1310. The standard InChI is InChI=1S/C25H24ClF3N6O2S/c26-18-3-2-16(19(11-18)25(27,28)29)13-33-20-4-1-15(9-17(20)12-30)10-21-23(37)34-24(38-21)32-6-8-35-7-5-31-22(36)14-35/h1-4,9-12,30,33H,5-8,13-14H2,(H,31,36)(H,32,34,37)/b21-10-,30-12?. The predicted octanol–water partition coefficient (Wildman–Crippen LogP) is 3.96. The maximum atomic E-state index is 13.4. The molecule has 2 amide bonds. The number of hydrogen-bond donors (Lipinski definition) is 4. The molecule has 2 heterocycles. The third-order valence-corrected chi connectivity index (χ3v) is 7.00. The molecule has 0 saturated carbocycles. The highest BCUT2D eigenvalue weighted by molar-refractivity contribution is 8.18. The van der Waals surface area contributed by atoms with Crippen molar-refractivity contribution >= 4 is 58.3 Å². The van der Waals surface area contributed by atoms with Crippen LogP contribution in [0.15, 0.2) is 46.3 Å². The molecule has 4 N–H and O–H groups in total. The van der Waals surface area contributed by atoms with Gasteiger partial charge >= 0.3 is 6.18 Å². The third-order valence-electron chi connectivity index (χ3n) is 5.82. The van der Waals surface area contributed by atoms with Crippen LogP contribution in [0.5, 0.6) is 0 Å². The van der Waals surface area contributed by atoms with Gasteiger partial charge in [-0.15, -0.1) is 0 Å². The minimum atomic E-state index is -4.55. The fourth-order valence-electron chi connectivity index (χ4n) is 3.94. The Morgan fingerprint density at radius 3 is 2.76 bits per heavy atom. The zero-order chi connectivity index (χ0) is 27.3. The van der Waals surface area contributed by atoms with Crippen molar-refractivity contribution in [1.82, 2.24) is 15.5 Å². The average molecular weight is 565 g/mol. The fourth-order valence-corrected chi connectivity index (χ4v) is 4.96. The molecule has 0 bridgehead atoms. The number of alkyl halides is 3. The van der Waals surface area contributed by atoms with Gasteiger partial charge in [0.2, 0.25) is 5.91 Å². The number of nitrogens with one attached hydrogen (secondary N) is 4. The van der Waals surface area contributed by atoms with E-state index in [1.165, 1.54) is 23.9 Å². The lowest BCUT2D eigenvalue weighted by atomic mass is 10.1. The number of piperazine rings is 1. The molecule has 2 fully saturated rings. The van der Waals surface area contributed by atoms with Crippen LogP contribution in [0.25, 0.3) is 6.08 Å². The lowest BCUT2D eigenvalue weighted by Crippen LogP contribution is -2.48. The highest BCUT2D eigenvalue weighted by Gasteiger charge is 2.33. The molecule has 2 aromatic rings. The Morgan fingerprint density at radius 2 is 2.03 bits per heavy atom. The van der Waals surface area contributed by atoms with Crippen LogP contribution in [-0.2, 0) is 22.3 Å². The molecular weight excluding hydrogens is 541 g/mol. The summed E-state index contributed by atoms with van der Waals surface area (Å²) in [6.07, 6.45) is -1.80. The second-order valence-electron chi connectivity index (χ2n) is 8.52. The van der Waals surface area contributed by atoms with Gasteiger partial charge in [0.05, 0.1) is 23.6 Å². The molecule has 13 heteroatoms. The summed E-state index contributed by atoms with van der Waals surface area (Å²) in [4.78, 5) is 30.7. The number of amides is 2. The minimum Gasteiger partial charge on any atom is -0.380 e. The number of nitrogens with zero attached hydrogens (tertiary/aromatic N) is 2. The molecule has 2 aliphatic heterocycles. The van der Waals surface area contributed by atoms with Crippen LogP contribution in [0.1, 0.15) is 22.3 Å². The number of carbonyl (C=O) groups excluding carboxylic acids is 2. The van der Waals surface area contributed by atoms with Crippen molar-refractivity contribution in [3.63, 3.8) is 0 Å². The molecule has 0 atom stereocenters. The molecule has 200 valence electrons. The van der Waals surface area contributed by atoms with Crippen LogP contribution < -0.4 is 16.0 Å². The topological polar surface area (TPSA) is 110 Å².